The molecule has 0 spiro atoms. The number of alkyl halides is 2. The van der Waals surface area contributed by atoms with Crippen LogP contribution in [0.25, 0.3) is 0 Å². The molecule has 0 aliphatic carbocycles. The molecule has 1 aliphatic rings. The van der Waals surface area contributed by atoms with Crippen molar-refractivity contribution in [1.29, 1.82) is 0 Å². The third-order valence-corrected chi connectivity index (χ3v) is 4.53. The van der Waals surface area contributed by atoms with Crippen molar-refractivity contribution in [2.75, 3.05) is 32.8 Å². The maximum absolute atomic E-state index is 13.3. The molecule has 1 saturated heterocycles. The molecule has 1 fully saturated rings. The summed E-state index contributed by atoms with van der Waals surface area (Å²) in [7, 11) is 0. The summed E-state index contributed by atoms with van der Waals surface area (Å²) in [4.78, 5) is 26.6. The Morgan fingerprint density at radius 1 is 1.16 bits per heavy atom. The summed E-state index contributed by atoms with van der Waals surface area (Å²) >= 11 is 3.22. The minimum atomic E-state index is -3.80. The Kier molecular flexibility index (Phi) is 6.34. The summed E-state index contributed by atoms with van der Waals surface area (Å²) in [6.45, 7) is -0.990. The van der Waals surface area contributed by atoms with E-state index in [0.717, 1.165) is 4.90 Å². The van der Waals surface area contributed by atoms with Gasteiger partial charge >= 0.3 is 5.92 Å². The maximum Gasteiger partial charge on any atom is 0.347 e. The first-order chi connectivity index (χ1) is 11.7. The molecule has 0 bridgehead atoms. The Labute approximate surface area is 152 Å². The van der Waals surface area contributed by atoms with Crippen LogP contribution in [-0.4, -0.2) is 70.5 Å². The average Bonchev–Trinajstić information content (AvgIpc) is 2.82. The van der Waals surface area contributed by atoms with Gasteiger partial charge in [0.05, 0.1) is 6.42 Å². The Morgan fingerprint density at radius 2 is 1.80 bits per heavy atom. The lowest BCUT2D eigenvalue weighted by Crippen LogP contribution is -2.47. The first-order valence-corrected chi connectivity index (χ1v) is 8.57. The zero-order valence-electron chi connectivity index (χ0n) is 13.4. The Hall–Kier alpha value is -1.74. The molecule has 2 rings (SSSR count). The molecule has 6 nitrogen and oxygen atoms in total. The number of phenols is 1. The number of halogens is 3. The third kappa shape index (κ3) is 4.88. The van der Waals surface area contributed by atoms with E-state index in [-0.39, 0.29) is 37.7 Å². The number of phenolic OH excluding ortho intramolecular Hbond substituents is 1. The lowest BCUT2D eigenvalue weighted by Gasteiger charge is -2.25. The van der Waals surface area contributed by atoms with Crippen LogP contribution >= 0.6 is 15.9 Å². The van der Waals surface area contributed by atoms with Crippen LogP contribution in [-0.2, 0) is 16.0 Å². The molecule has 1 aromatic rings. The predicted molar refractivity (Wildman–Crippen MR) is 89.3 cm³/mol. The first kappa shape index (κ1) is 19.6. The van der Waals surface area contributed by atoms with Crippen LogP contribution < -0.4 is 0 Å². The number of nitrogens with zero attached hydrogens (tertiary/aromatic N) is 2. The molecule has 0 atom stereocenters. The van der Waals surface area contributed by atoms with Crippen LogP contribution in [0.4, 0.5) is 8.78 Å². The van der Waals surface area contributed by atoms with E-state index in [4.69, 9.17) is 5.11 Å². The molecule has 0 saturated carbocycles. The summed E-state index contributed by atoms with van der Waals surface area (Å²) < 4.78 is 27.4. The number of aliphatic hydroxyl groups excluding tert-OH is 1. The SMILES string of the molecule is O=C(Cc1ccc(Br)cc1O)N1CCCN(C(=O)C(F)(F)CO)CC1. The highest BCUT2D eigenvalue weighted by Gasteiger charge is 2.41. The van der Waals surface area contributed by atoms with E-state index in [0.29, 0.717) is 23.0 Å². The molecule has 0 unspecified atom stereocenters. The van der Waals surface area contributed by atoms with Gasteiger partial charge in [-0.2, -0.15) is 8.78 Å². The van der Waals surface area contributed by atoms with Gasteiger partial charge in [-0.15, -0.1) is 0 Å². The molecule has 0 aromatic heterocycles. The van der Waals surface area contributed by atoms with E-state index >= 15 is 0 Å². The van der Waals surface area contributed by atoms with Gasteiger partial charge in [-0.05, 0) is 18.6 Å². The summed E-state index contributed by atoms with van der Waals surface area (Å²) in [6.07, 6.45) is 0.352. The third-order valence-electron chi connectivity index (χ3n) is 4.04. The zero-order chi connectivity index (χ0) is 18.6. The van der Waals surface area contributed by atoms with Crippen LogP contribution in [0.2, 0.25) is 0 Å². The van der Waals surface area contributed by atoms with Crippen LogP contribution in [0.5, 0.6) is 5.75 Å². The van der Waals surface area contributed by atoms with E-state index in [1.807, 2.05) is 0 Å². The summed E-state index contributed by atoms with van der Waals surface area (Å²) in [6, 6.07) is 4.83. The van der Waals surface area contributed by atoms with Crippen molar-refractivity contribution in [2.45, 2.75) is 18.8 Å². The molecule has 1 aromatic carbocycles. The quantitative estimate of drug-likeness (QED) is 0.770. The zero-order valence-corrected chi connectivity index (χ0v) is 15.0. The second-order valence-electron chi connectivity index (χ2n) is 5.84. The number of aromatic hydroxyl groups is 1. The van der Waals surface area contributed by atoms with E-state index < -0.39 is 18.4 Å². The van der Waals surface area contributed by atoms with Gasteiger partial charge in [-0.3, -0.25) is 9.59 Å². The lowest BCUT2D eigenvalue weighted by molar-refractivity contribution is -0.162. The summed E-state index contributed by atoms with van der Waals surface area (Å²) in [5.41, 5.74) is 0.470. The second kappa shape index (κ2) is 8.09. The highest BCUT2D eigenvalue weighted by molar-refractivity contribution is 9.10. The van der Waals surface area contributed by atoms with E-state index in [1.54, 1.807) is 12.1 Å². The van der Waals surface area contributed by atoms with E-state index in [2.05, 4.69) is 15.9 Å². The maximum atomic E-state index is 13.3. The summed E-state index contributed by atoms with van der Waals surface area (Å²) in [5.74, 6) is -5.48. The van der Waals surface area contributed by atoms with Crippen molar-refractivity contribution in [3.05, 3.63) is 28.2 Å². The largest absolute Gasteiger partial charge is 0.508 e. The molecule has 138 valence electrons. The monoisotopic (exact) mass is 420 g/mol. The van der Waals surface area contributed by atoms with Gasteiger partial charge in [0.25, 0.3) is 5.91 Å². The Balaban J connectivity index is 1.98. The molecule has 2 N–H and O–H groups in total. The fourth-order valence-electron chi connectivity index (χ4n) is 2.63. The van der Waals surface area contributed by atoms with Crippen LogP contribution in [0.1, 0.15) is 12.0 Å². The second-order valence-corrected chi connectivity index (χ2v) is 6.75. The minimum Gasteiger partial charge on any atom is -0.508 e. The van der Waals surface area contributed by atoms with Gasteiger partial charge in [0.2, 0.25) is 5.91 Å². The smallest absolute Gasteiger partial charge is 0.347 e. The fraction of sp³-hybridized carbons (Fsp3) is 0.500. The Morgan fingerprint density at radius 3 is 2.44 bits per heavy atom. The standard InChI is InChI=1S/C16H19BrF2N2O4/c17-12-3-2-11(13(23)9-12)8-14(24)20-4-1-5-21(7-6-20)15(25)16(18,19)10-22/h2-3,9,22-23H,1,4-8,10H2. The van der Waals surface area contributed by atoms with Crippen molar-refractivity contribution >= 4 is 27.7 Å². The van der Waals surface area contributed by atoms with Crippen molar-refractivity contribution < 1.29 is 28.6 Å². The van der Waals surface area contributed by atoms with Gasteiger partial charge in [-0.1, -0.05) is 22.0 Å². The molecule has 1 aliphatic heterocycles. The molecule has 25 heavy (non-hydrogen) atoms. The van der Waals surface area contributed by atoms with Crippen molar-refractivity contribution in [3.63, 3.8) is 0 Å². The number of amides is 2. The van der Waals surface area contributed by atoms with E-state index in [9.17, 15) is 23.5 Å². The number of carbonyl (C=O) groups excluding carboxylic acids is 2. The van der Waals surface area contributed by atoms with Gasteiger partial charge in [0, 0.05) is 36.2 Å². The highest BCUT2D eigenvalue weighted by Crippen LogP contribution is 2.23. The van der Waals surface area contributed by atoms with Gasteiger partial charge < -0.3 is 20.0 Å². The minimum absolute atomic E-state index is 0.00283. The number of hydrogen-bond acceptors (Lipinski definition) is 4. The van der Waals surface area contributed by atoms with Crippen LogP contribution in [0, 0.1) is 0 Å². The molecular weight excluding hydrogens is 402 g/mol. The predicted octanol–water partition coefficient (Wildman–Crippen LogP) is 1.39. The van der Waals surface area contributed by atoms with Crippen molar-refractivity contribution in [1.82, 2.24) is 9.80 Å². The molecule has 2 amide bonds. The van der Waals surface area contributed by atoms with Crippen molar-refractivity contribution in [2.24, 2.45) is 0 Å². The molecular formula is C16H19BrF2N2O4. The number of hydrogen-bond donors (Lipinski definition) is 2. The summed E-state index contributed by atoms with van der Waals surface area (Å²) in [5, 5.41) is 18.5. The van der Waals surface area contributed by atoms with Crippen LogP contribution in [0.3, 0.4) is 0 Å². The van der Waals surface area contributed by atoms with E-state index in [1.165, 1.54) is 11.0 Å². The van der Waals surface area contributed by atoms with Crippen molar-refractivity contribution in [3.8, 4) is 5.75 Å². The molecule has 0 radical (unpaired) electrons. The first-order valence-electron chi connectivity index (χ1n) is 7.78. The lowest BCUT2D eigenvalue weighted by atomic mass is 10.1. The normalized spacial score (nSPS) is 15.8. The highest BCUT2D eigenvalue weighted by atomic mass is 79.9. The molecule has 1 heterocycles. The van der Waals surface area contributed by atoms with Gasteiger partial charge in [0.15, 0.2) is 0 Å². The number of benzene rings is 1. The van der Waals surface area contributed by atoms with Gasteiger partial charge in [-0.25, -0.2) is 0 Å². The topological polar surface area (TPSA) is 81.1 Å². The number of rotatable bonds is 4. The average molecular weight is 421 g/mol. The van der Waals surface area contributed by atoms with Crippen LogP contribution in [0.15, 0.2) is 22.7 Å². The molecule has 9 heteroatoms. The fourth-order valence-corrected chi connectivity index (χ4v) is 2.98. The van der Waals surface area contributed by atoms with Gasteiger partial charge in [0.1, 0.15) is 12.4 Å². The Bertz CT molecular complexity index is 657. The number of aliphatic hydroxyl groups is 1. The number of carbonyl (C=O) groups is 2.